The number of nitrogens with zero attached hydrogens (tertiary/aromatic N) is 1. The lowest BCUT2D eigenvalue weighted by molar-refractivity contribution is -0.128. The average Bonchev–Trinajstić information content (AvgIpc) is 2.30. The quantitative estimate of drug-likeness (QED) is 0.635. The molecule has 1 amide bonds. The van der Waals surface area contributed by atoms with Crippen molar-refractivity contribution in [2.24, 2.45) is 10.5 Å². The van der Waals surface area contributed by atoms with Crippen LogP contribution in [0.1, 0.15) is 26.3 Å². The fourth-order valence-corrected chi connectivity index (χ4v) is 1.14. The van der Waals surface area contributed by atoms with Crippen molar-refractivity contribution in [2.45, 2.75) is 20.8 Å². The summed E-state index contributed by atoms with van der Waals surface area (Å²) < 4.78 is 4.97. The van der Waals surface area contributed by atoms with E-state index in [1.54, 1.807) is 39.0 Å². The molecule has 0 aromatic heterocycles. The maximum atomic E-state index is 11.6. The van der Waals surface area contributed by atoms with Crippen molar-refractivity contribution in [2.75, 3.05) is 7.11 Å². The van der Waals surface area contributed by atoms with Gasteiger partial charge >= 0.3 is 0 Å². The zero-order valence-corrected chi connectivity index (χ0v) is 11.0. The van der Waals surface area contributed by atoms with E-state index in [0.717, 1.165) is 0 Å². The first kappa shape index (κ1) is 14.0. The number of hydrogen-bond donors (Lipinski definition) is 2. The van der Waals surface area contributed by atoms with Gasteiger partial charge < -0.3 is 9.84 Å². The lowest BCUT2D eigenvalue weighted by atomic mass is 9.96. The topological polar surface area (TPSA) is 70.9 Å². The van der Waals surface area contributed by atoms with Gasteiger partial charge in [-0.25, -0.2) is 5.43 Å². The molecule has 2 N–H and O–H groups in total. The van der Waals surface area contributed by atoms with Crippen molar-refractivity contribution in [3.05, 3.63) is 23.8 Å². The predicted octanol–water partition coefficient (Wildman–Crippen LogP) is 1.90. The Hall–Kier alpha value is -2.04. The third kappa shape index (κ3) is 3.48. The Balaban J connectivity index is 2.77. The maximum Gasteiger partial charge on any atom is 0.245 e. The van der Waals surface area contributed by atoms with Gasteiger partial charge in [-0.2, -0.15) is 5.10 Å². The number of carbonyl (C=O) groups is 1. The summed E-state index contributed by atoms with van der Waals surface area (Å²) in [4.78, 5) is 11.6. The molecular formula is C13H18N2O3. The smallest absolute Gasteiger partial charge is 0.245 e. The molecule has 1 rings (SSSR count). The van der Waals surface area contributed by atoms with Crippen LogP contribution >= 0.6 is 0 Å². The minimum absolute atomic E-state index is 0.00578. The minimum Gasteiger partial charge on any atom is -0.504 e. The molecule has 1 aromatic carbocycles. The van der Waals surface area contributed by atoms with Crippen LogP contribution in [0.2, 0.25) is 0 Å². The van der Waals surface area contributed by atoms with Crippen LogP contribution in [0.15, 0.2) is 23.3 Å². The van der Waals surface area contributed by atoms with Gasteiger partial charge in [-0.15, -0.1) is 0 Å². The first-order valence-electron chi connectivity index (χ1n) is 5.55. The average molecular weight is 250 g/mol. The normalized spacial score (nSPS) is 11.6. The number of rotatable bonds is 3. The van der Waals surface area contributed by atoms with Gasteiger partial charge in [0.2, 0.25) is 5.91 Å². The summed E-state index contributed by atoms with van der Waals surface area (Å²) in [5.74, 6) is 0.163. The number of methoxy groups -OCH3 is 1. The van der Waals surface area contributed by atoms with Crippen LogP contribution in [0.3, 0.4) is 0 Å². The molecule has 0 unspecified atom stereocenters. The van der Waals surface area contributed by atoms with Crippen molar-refractivity contribution in [3.63, 3.8) is 0 Å². The van der Waals surface area contributed by atoms with Crippen molar-refractivity contribution < 1.29 is 14.6 Å². The van der Waals surface area contributed by atoms with Crippen LogP contribution in [0, 0.1) is 5.41 Å². The van der Waals surface area contributed by atoms with E-state index >= 15 is 0 Å². The van der Waals surface area contributed by atoms with Gasteiger partial charge in [0, 0.05) is 11.0 Å². The van der Waals surface area contributed by atoms with Crippen LogP contribution < -0.4 is 10.2 Å². The first-order valence-corrected chi connectivity index (χ1v) is 5.55. The third-order valence-electron chi connectivity index (χ3n) is 2.30. The molecule has 0 heterocycles. The molecule has 98 valence electrons. The van der Waals surface area contributed by atoms with Gasteiger partial charge in [0.1, 0.15) is 0 Å². The molecule has 0 radical (unpaired) electrons. The number of hydrogen-bond acceptors (Lipinski definition) is 4. The van der Waals surface area contributed by atoms with Gasteiger partial charge in [-0.3, -0.25) is 4.79 Å². The lowest BCUT2D eigenvalue weighted by Gasteiger charge is -2.14. The van der Waals surface area contributed by atoms with E-state index in [4.69, 9.17) is 4.74 Å². The molecule has 0 saturated carbocycles. The van der Waals surface area contributed by atoms with Crippen LogP contribution in [-0.4, -0.2) is 24.3 Å². The van der Waals surface area contributed by atoms with Crippen molar-refractivity contribution in [1.82, 2.24) is 5.43 Å². The molecule has 5 nitrogen and oxygen atoms in total. The molecule has 0 aliphatic heterocycles. The Morgan fingerprint density at radius 1 is 1.44 bits per heavy atom. The molecule has 0 spiro atoms. The van der Waals surface area contributed by atoms with E-state index in [0.29, 0.717) is 11.3 Å². The molecule has 0 fully saturated rings. The fourth-order valence-electron chi connectivity index (χ4n) is 1.14. The number of phenolic OH excluding ortho intramolecular Hbond substituents is 1. The van der Waals surface area contributed by atoms with E-state index in [-0.39, 0.29) is 11.7 Å². The molecular weight excluding hydrogens is 232 g/mol. The Bertz CT molecular complexity index is 462. The predicted molar refractivity (Wildman–Crippen MR) is 69.9 cm³/mol. The SMILES string of the molecule is COc1cccc(C=NNC(=O)C(C)(C)C)c1O. The van der Waals surface area contributed by atoms with E-state index < -0.39 is 5.41 Å². The Labute approximate surface area is 106 Å². The second-order valence-corrected chi connectivity index (χ2v) is 4.85. The minimum atomic E-state index is -0.506. The molecule has 0 aliphatic carbocycles. The van der Waals surface area contributed by atoms with E-state index in [1.807, 2.05) is 0 Å². The number of aromatic hydroxyl groups is 1. The number of benzene rings is 1. The number of amides is 1. The number of ether oxygens (including phenoxy) is 1. The number of carbonyl (C=O) groups excluding carboxylic acids is 1. The molecule has 0 bridgehead atoms. The Morgan fingerprint density at radius 2 is 2.11 bits per heavy atom. The lowest BCUT2D eigenvalue weighted by Crippen LogP contribution is -2.31. The van der Waals surface area contributed by atoms with Crippen LogP contribution in [-0.2, 0) is 4.79 Å². The summed E-state index contributed by atoms with van der Waals surface area (Å²) in [5, 5.41) is 13.6. The second kappa shape index (κ2) is 5.53. The highest BCUT2D eigenvalue weighted by atomic mass is 16.5. The highest BCUT2D eigenvalue weighted by Crippen LogP contribution is 2.27. The Kier molecular flexibility index (Phi) is 4.31. The van der Waals surface area contributed by atoms with Crippen LogP contribution in [0.4, 0.5) is 0 Å². The largest absolute Gasteiger partial charge is 0.504 e. The Morgan fingerprint density at radius 3 is 2.67 bits per heavy atom. The summed E-state index contributed by atoms with van der Waals surface area (Å²) in [6.45, 7) is 5.38. The summed E-state index contributed by atoms with van der Waals surface area (Å²) in [6, 6.07) is 5.04. The van der Waals surface area contributed by atoms with Crippen LogP contribution in [0.25, 0.3) is 0 Å². The zero-order chi connectivity index (χ0) is 13.8. The van der Waals surface area contributed by atoms with Crippen molar-refractivity contribution in [1.29, 1.82) is 0 Å². The van der Waals surface area contributed by atoms with Crippen LogP contribution in [0.5, 0.6) is 11.5 Å². The monoisotopic (exact) mass is 250 g/mol. The number of phenols is 1. The third-order valence-corrected chi connectivity index (χ3v) is 2.30. The second-order valence-electron chi connectivity index (χ2n) is 4.85. The first-order chi connectivity index (χ1) is 8.36. The summed E-state index contributed by atoms with van der Waals surface area (Å²) >= 11 is 0. The molecule has 0 saturated heterocycles. The zero-order valence-electron chi connectivity index (χ0n) is 11.0. The molecule has 5 heteroatoms. The fraction of sp³-hybridized carbons (Fsp3) is 0.385. The van der Waals surface area contributed by atoms with E-state index in [1.165, 1.54) is 13.3 Å². The summed E-state index contributed by atoms with van der Waals surface area (Å²) in [6.07, 6.45) is 1.38. The molecule has 18 heavy (non-hydrogen) atoms. The molecule has 0 atom stereocenters. The number of nitrogens with one attached hydrogen (secondary N) is 1. The van der Waals surface area contributed by atoms with Gasteiger partial charge in [-0.05, 0) is 12.1 Å². The summed E-state index contributed by atoms with van der Waals surface area (Å²) in [5.41, 5.74) is 2.38. The number of para-hydroxylation sites is 1. The number of hydrazone groups is 1. The van der Waals surface area contributed by atoms with Gasteiger partial charge in [-0.1, -0.05) is 26.8 Å². The van der Waals surface area contributed by atoms with Crippen molar-refractivity contribution in [3.8, 4) is 11.5 Å². The maximum absolute atomic E-state index is 11.6. The summed E-state index contributed by atoms with van der Waals surface area (Å²) in [7, 11) is 1.47. The van der Waals surface area contributed by atoms with E-state index in [2.05, 4.69) is 10.5 Å². The molecule has 0 aliphatic rings. The van der Waals surface area contributed by atoms with Gasteiger partial charge in [0.25, 0.3) is 0 Å². The van der Waals surface area contributed by atoms with Crippen molar-refractivity contribution >= 4 is 12.1 Å². The van der Waals surface area contributed by atoms with E-state index in [9.17, 15) is 9.90 Å². The highest BCUT2D eigenvalue weighted by molar-refractivity contribution is 5.87. The standard InChI is InChI=1S/C13H18N2O3/c1-13(2,3)12(17)15-14-8-9-6-5-7-10(18-4)11(9)16/h5-8,16H,1-4H3,(H,15,17). The van der Waals surface area contributed by atoms with Gasteiger partial charge in [0.05, 0.1) is 13.3 Å². The molecule has 1 aromatic rings. The van der Waals surface area contributed by atoms with Gasteiger partial charge in [0.15, 0.2) is 11.5 Å². The highest BCUT2D eigenvalue weighted by Gasteiger charge is 2.20.